The van der Waals surface area contributed by atoms with Gasteiger partial charge in [-0.3, -0.25) is 9.69 Å². The van der Waals surface area contributed by atoms with E-state index in [0.29, 0.717) is 28.9 Å². The van der Waals surface area contributed by atoms with Crippen LogP contribution in [0.2, 0.25) is 0 Å². The first-order valence-electron chi connectivity index (χ1n) is 12.7. The van der Waals surface area contributed by atoms with Crippen LogP contribution in [0, 0.1) is 5.82 Å². The number of ether oxygens (including phenoxy) is 3. The summed E-state index contributed by atoms with van der Waals surface area (Å²) in [6.45, 7) is 2.21. The summed E-state index contributed by atoms with van der Waals surface area (Å²) in [6.07, 6.45) is 0.130. The fourth-order valence-electron chi connectivity index (χ4n) is 5.72. The lowest BCUT2D eigenvalue weighted by Gasteiger charge is -2.41. The number of rotatable bonds is 6. The molecule has 2 aliphatic heterocycles. The third-order valence-corrected chi connectivity index (χ3v) is 7.39. The van der Waals surface area contributed by atoms with Gasteiger partial charge >= 0.3 is 6.09 Å². The predicted octanol–water partition coefficient (Wildman–Crippen LogP) is 4.73. The van der Waals surface area contributed by atoms with E-state index < -0.39 is 23.5 Å². The Morgan fingerprint density at radius 2 is 1.82 bits per heavy atom. The molecule has 198 valence electrons. The molecule has 2 fully saturated rings. The molecule has 2 heterocycles. The Bertz CT molecular complexity index is 1320. The Hall–Kier alpha value is -3.91. The highest BCUT2D eigenvalue weighted by molar-refractivity contribution is 5.80. The summed E-state index contributed by atoms with van der Waals surface area (Å²) in [5.74, 6) is -0.0860. The Morgan fingerprint density at radius 3 is 2.58 bits per heavy atom. The van der Waals surface area contributed by atoms with Gasteiger partial charge in [-0.2, -0.15) is 0 Å². The van der Waals surface area contributed by atoms with Gasteiger partial charge in [-0.05, 0) is 37.0 Å². The van der Waals surface area contributed by atoms with Crippen LogP contribution in [-0.2, 0) is 27.3 Å². The van der Waals surface area contributed by atoms with Gasteiger partial charge in [0.25, 0.3) is 0 Å². The quantitative estimate of drug-likeness (QED) is 0.511. The van der Waals surface area contributed by atoms with Gasteiger partial charge < -0.3 is 19.5 Å². The first kappa shape index (κ1) is 25.7. The van der Waals surface area contributed by atoms with Crippen LogP contribution in [0.1, 0.15) is 24.5 Å². The number of methoxy groups -OCH3 is 1. The van der Waals surface area contributed by atoms with E-state index in [1.165, 1.54) is 0 Å². The number of likely N-dealkylation sites (tertiary alicyclic amines) is 1. The fourth-order valence-corrected chi connectivity index (χ4v) is 5.72. The van der Waals surface area contributed by atoms with Gasteiger partial charge in [0.15, 0.2) is 0 Å². The number of morpholine rings is 1. The van der Waals surface area contributed by atoms with Crippen molar-refractivity contribution in [3.05, 3.63) is 89.7 Å². The van der Waals surface area contributed by atoms with E-state index >= 15 is 4.39 Å². The molecule has 0 radical (unpaired) electrons. The summed E-state index contributed by atoms with van der Waals surface area (Å²) in [5, 5.41) is 3.08. The molecular weight excluding hydrogens is 487 g/mol. The molecule has 3 aromatic rings. The lowest BCUT2D eigenvalue weighted by molar-refractivity contribution is -0.136. The van der Waals surface area contributed by atoms with E-state index in [2.05, 4.69) is 5.32 Å². The van der Waals surface area contributed by atoms with Crippen molar-refractivity contribution in [3.8, 4) is 16.9 Å². The zero-order valence-electron chi connectivity index (χ0n) is 21.5. The molecule has 1 spiro atoms. The average molecular weight is 519 g/mol. The molecule has 7 nitrogen and oxygen atoms in total. The molecule has 3 aromatic carbocycles. The number of carbonyl (C=O) groups excluding carboxylic acids is 2. The molecule has 0 aromatic heterocycles. The van der Waals surface area contributed by atoms with Crippen LogP contribution in [0.5, 0.6) is 5.75 Å². The SMILES string of the molecule is COc1ccccc1-c1cccc(CC2N(C(=O)OCc3ccccc3)C(C)CC23COCC(=O)N3)c1F. The Labute approximate surface area is 221 Å². The normalized spacial score (nSPS) is 22.8. The molecule has 8 heteroatoms. The summed E-state index contributed by atoms with van der Waals surface area (Å²) in [6, 6.07) is 21.1. The minimum atomic E-state index is -0.854. The van der Waals surface area contributed by atoms with Crippen molar-refractivity contribution in [2.75, 3.05) is 20.3 Å². The van der Waals surface area contributed by atoms with Gasteiger partial charge in [-0.25, -0.2) is 9.18 Å². The molecule has 38 heavy (non-hydrogen) atoms. The van der Waals surface area contributed by atoms with E-state index in [0.717, 1.165) is 5.56 Å². The molecule has 3 unspecified atom stereocenters. The van der Waals surface area contributed by atoms with Gasteiger partial charge in [0, 0.05) is 17.2 Å². The third kappa shape index (κ3) is 4.96. The minimum absolute atomic E-state index is 0.0427. The summed E-state index contributed by atoms with van der Waals surface area (Å²) in [7, 11) is 1.55. The zero-order chi connectivity index (χ0) is 26.7. The van der Waals surface area contributed by atoms with E-state index in [9.17, 15) is 9.59 Å². The molecular formula is C30H31FN2O5. The summed E-state index contributed by atoms with van der Waals surface area (Å²) in [5.41, 5.74) is 1.48. The third-order valence-electron chi connectivity index (χ3n) is 7.39. The van der Waals surface area contributed by atoms with Crippen LogP contribution in [0.3, 0.4) is 0 Å². The molecule has 1 N–H and O–H groups in total. The zero-order valence-corrected chi connectivity index (χ0v) is 21.5. The van der Waals surface area contributed by atoms with Crippen molar-refractivity contribution < 1.29 is 28.2 Å². The summed E-state index contributed by atoms with van der Waals surface area (Å²) < 4.78 is 32.8. The largest absolute Gasteiger partial charge is 0.496 e. The Balaban J connectivity index is 1.48. The fraction of sp³-hybridized carbons (Fsp3) is 0.333. The maximum Gasteiger partial charge on any atom is 0.410 e. The second-order valence-corrected chi connectivity index (χ2v) is 9.90. The van der Waals surface area contributed by atoms with Gasteiger partial charge in [0.05, 0.1) is 25.3 Å². The minimum Gasteiger partial charge on any atom is -0.496 e. The topological polar surface area (TPSA) is 77.1 Å². The monoisotopic (exact) mass is 518 g/mol. The molecule has 5 rings (SSSR count). The number of benzene rings is 3. The van der Waals surface area contributed by atoms with Crippen LogP contribution >= 0.6 is 0 Å². The highest BCUT2D eigenvalue weighted by Gasteiger charge is 2.55. The van der Waals surface area contributed by atoms with Crippen LogP contribution in [0.25, 0.3) is 11.1 Å². The van der Waals surface area contributed by atoms with Gasteiger partial charge in [0.1, 0.15) is 24.8 Å². The number of amides is 2. The average Bonchev–Trinajstić information content (AvgIpc) is 3.18. The number of nitrogens with one attached hydrogen (secondary N) is 1. The summed E-state index contributed by atoms with van der Waals surface area (Å²) in [4.78, 5) is 27.5. The van der Waals surface area contributed by atoms with Crippen molar-refractivity contribution >= 4 is 12.0 Å². The van der Waals surface area contributed by atoms with E-state index in [4.69, 9.17) is 14.2 Å². The number of hydrogen-bond donors (Lipinski definition) is 1. The van der Waals surface area contributed by atoms with Gasteiger partial charge in [-0.15, -0.1) is 0 Å². The Morgan fingerprint density at radius 1 is 1.08 bits per heavy atom. The first-order valence-corrected chi connectivity index (χ1v) is 12.7. The van der Waals surface area contributed by atoms with Crippen LogP contribution < -0.4 is 10.1 Å². The highest BCUT2D eigenvalue weighted by Crippen LogP contribution is 2.39. The standard InChI is InChI=1S/C30H31FN2O5/c1-20-16-30(19-37-18-27(34)32-30)26(33(20)29(35)38-17-21-9-4-3-5-10-21)15-22-11-8-13-24(28(22)31)23-12-6-7-14-25(23)36-2/h3-14,20,26H,15-19H2,1-2H3,(H,32,34). The second-order valence-electron chi connectivity index (χ2n) is 9.90. The van der Waals surface area contributed by atoms with Crippen molar-refractivity contribution in [1.29, 1.82) is 0 Å². The van der Waals surface area contributed by atoms with E-state index in [1.54, 1.807) is 36.3 Å². The molecule has 3 atom stereocenters. The second kappa shape index (κ2) is 10.8. The van der Waals surface area contributed by atoms with E-state index in [1.807, 2.05) is 55.5 Å². The number of para-hydroxylation sites is 1. The van der Waals surface area contributed by atoms with Crippen molar-refractivity contribution in [2.24, 2.45) is 0 Å². The van der Waals surface area contributed by atoms with Crippen molar-refractivity contribution in [2.45, 2.75) is 44.0 Å². The van der Waals surface area contributed by atoms with Crippen molar-refractivity contribution in [3.63, 3.8) is 0 Å². The molecule has 2 amide bonds. The van der Waals surface area contributed by atoms with Crippen LogP contribution in [0.15, 0.2) is 72.8 Å². The number of halogens is 1. The molecule has 0 saturated carbocycles. The molecule has 0 bridgehead atoms. The van der Waals surface area contributed by atoms with Crippen LogP contribution in [0.4, 0.5) is 9.18 Å². The molecule has 0 aliphatic carbocycles. The summed E-state index contributed by atoms with van der Waals surface area (Å²) >= 11 is 0. The van der Waals surface area contributed by atoms with E-state index in [-0.39, 0.29) is 38.2 Å². The molecule has 2 aliphatic rings. The van der Waals surface area contributed by atoms with Gasteiger partial charge in [-0.1, -0.05) is 66.7 Å². The number of hydrogen-bond acceptors (Lipinski definition) is 5. The van der Waals surface area contributed by atoms with Crippen LogP contribution in [-0.4, -0.2) is 54.8 Å². The lowest BCUT2D eigenvalue weighted by atomic mass is 9.84. The highest BCUT2D eigenvalue weighted by atomic mass is 19.1. The Kier molecular flexibility index (Phi) is 7.33. The smallest absolute Gasteiger partial charge is 0.410 e. The maximum atomic E-state index is 16.0. The van der Waals surface area contributed by atoms with Gasteiger partial charge in [0.2, 0.25) is 5.91 Å². The first-order chi connectivity index (χ1) is 18.4. The predicted molar refractivity (Wildman–Crippen MR) is 140 cm³/mol. The number of carbonyl (C=O) groups is 2. The number of nitrogens with zero attached hydrogens (tertiary/aromatic N) is 1. The molecule has 2 saturated heterocycles. The van der Waals surface area contributed by atoms with Crippen molar-refractivity contribution in [1.82, 2.24) is 10.2 Å². The lowest BCUT2D eigenvalue weighted by Crippen LogP contribution is -2.64. The maximum absolute atomic E-state index is 16.0.